The van der Waals surface area contributed by atoms with E-state index in [0.29, 0.717) is 11.8 Å². The molecule has 0 aliphatic carbocycles. The second kappa shape index (κ2) is 9.05. The van der Waals surface area contributed by atoms with Crippen molar-refractivity contribution in [2.75, 3.05) is 5.32 Å². The lowest BCUT2D eigenvalue weighted by Crippen LogP contribution is -2.33. The van der Waals surface area contributed by atoms with Crippen molar-refractivity contribution in [3.63, 3.8) is 0 Å². The third kappa shape index (κ3) is 4.38. The molecule has 4 rings (SSSR count). The van der Waals surface area contributed by atoms with Crippen LogP contribution in [0.3, 0.4) is 0 Å². The number of carbonyl (C=O) groups excluding carboxylic acids is 1. The Hall–Kier alpha value is -3.93. The molecule has 1 aromatic heterocycles. The van der Waals surface area contributed by atoms with Crippen LogP contribution in [-0.2, 0) is 6.42 Å². The zero-order chi connectivity index (χ0) is 20.8. The zero-order valence-corrected chi connectivity index (χ0v) is 16.6. The Morgan fingerprint density at radius 1 is 0.900 bits per heavy atom. The van der Waals surface area contributed by atoms with Crippen LogP contribution < -0.4 is 10.6 Å². The van der Waals surface area contributed by atoms with Gasteiger partial charge >= 0.3 is 6.03 Å². The monoisotopic (exact) mass is 398 g/mol. The van der Waals surface area contributed by atoms with Crippen molar-refractivity contribution >= 4 is 11.7 Å². The molecule has 0 bridgehead atoms. The van der Waals surface area contributed by atoms with Crippen molar-refractivity contribution in [1.29, 1.82) is 0 Å². The van der Waals surface area contributed by atoms with Gasteiger partial charge in [-0.25, -0.2) is 4.79 Å². The summed E-state index contributed by atoms with van der Waals surface area (Å²) >= 11 is 0. The number of nitrogens with zero attached hydrogens (tertiary/aromatic N) is 2. The van der Waals surface area contributed by atoms with E-state index in [4.69, 9.17) is 4.42 Å². The lowest BCUT2D eigenvalue weighted by atomic mass is 10.1. The van der Waals surface area contributed by atoms with Crippen LogP contribution in [0.1, 0.15) is 30.0 Å². The van der Waals surface area contributed by atoms with Gasteiger partial charge in [0.15, 0.2) is 0 Å². The Labute approximate surface area is 175 Å². The van der Waals surface area contributed by atoms with Crippen molar-refractivity contribution in [2.45, 2.75) is 19.4 Å². The van der Waals surface area contributed by atoms with Gasteiger partial charge in [0.2, 0.25) is 11.8 Å². The summed E-state index contributed by atoms with van der Waals surface area (Å²) < 4.78 is 5.92. The highest BCUT2D eigenvalue weighted by Gasteiger charge is 2.23. The number of hydrogen-bond donors (Lipinski definition) is 2. The average molecular weight is 398 g/mol. The van der Waals surface area contributed by atoms with Gasteiger partial charge in [0.1, 0.15) is 6.04 Å². The van der Waals surface area contributed by atoms with Gasteiger partial charge in [-0.2, -0.15) is 0 Å². The summed E-state index contributed by atoms with van der Waals surface area (Å²) in [6.45, 7) is 2.05. The molecule has 0 aliphatic heterocycles. The topological polar surface area (TPSA) is 80.0 Å². The highest BCUT2D eigenvalue weighted by molar-refractivity contribution is 5.90. The molecular weight excluding hydrogens is 376 g/mol. The average Bonchev–Trinajstić information content (AvgIpc) is 3.29. The predicted octanol–water partition coefficient (Wildman–Crippen LogP) is 5.21. The molecule has 4 aromatic rings. The molecular formula is C24H22N4O2. The number of aromatic nitrogens is 2. The summed E-state index contributed by atoms with van der Waals surface area (Å²) in [7, 11) is 0. The molecule has 0 unspecified atom stereocenters. The van der Waals surface area contributed by atoms with Gasteiger partial charge in [0.25, 0.3) is 0 Å². The van der Waals surface area contributed by atoms with Gasteiger partial charge in [-0.05, 0) is 35.7 Å². The summed E-state index contributed by atoms with van der Waals surface area (Å²) in [5, 5.41) is 14.3. The van der Waals surface area contributed by atoms with E-state index in [1.807, 2.05) is 84.9 Å². The number of nitrogens with one attached hydrogen (secondary N) is 2. The fourth-order valence-electron chi connectivity index (χ4n) is 3.22. The standard InChI is InChI=1S/C24H22N4O2/c1-2-17-11-9-10-16-20(17)25-24(29)26-21(18-12-5-3-6-13-18)23-28-27-22(30-23)19-14-7-4-8-15-19/h3-16,21H,2H2,1H3,(H2,25,26,29)/t21-/m1/s1. The van der Waals surface area contributed by atoms with Gasteiger partial charge in [0.05, 0.1) is 0 Å². The van der Waals surface area contributed by atoms with Gasteiger partial charge < -0.3 is 15.1 Å². The summed E-state index contributed by atoms with van der Waals surface area (Å²) in [6, 6.07) is 25.9. The van der Waals surface area contributed by atoms with E-state index in [9.17, 15) is 4.79 Å². The minimum Gasteiger partial charge on any atom is -0.418 e. The van der Waals surface area contributed by atoms with Crippen LogP contribution in [-0.4, -0.2) is 16.2 Å². The lowest BCUT2D eigenvalue weighted by molar-refractivity contribution is 0.248. The minimum atomic E-state index is -0.579. The van der Waals surface area contributed by atoms with Crippen LogP contribution >= 0.6 is 0 Å². The van der Waals surface area contributed by atoms with Crippen molar-refractivity contribution < 1.29 is 9.21 Å². The van der Waals surface area contributed by atoms with Crippen LogP contribution in [0.2, 0.25) is 0 Å². The molecule has 2 N–H and O–H groups in total. The van der Waals surface area contributed by atoms with Gasteiger partial charge in [-0.3, -0.25) is 0 Å². The van der Waals surface area contributed by atoms with E-state index in [1.165, 1.54) is 0 Å². The summed E-state index contributed by atoms with van der Waals surface area (Å²) in [4.78, 5) is 12.8. The number of aryl methyl sites for hydroxylation is 1. The number of para-hydroxylation sites is 1. The quantitative estimate of drug-likeness (QED) is 0.467. The number of rotatable bonds is 6. The molecule has 3 aromatic carbocycles. The van der Waals surface area contributed by atoms with E-state index in [1.54, 1.807) is 0 Å². The number of amides is 2. The Balaban J connectivity index is 1.60. The normalized spacial score (nSPS) is 11.6. The van der Waals surface area contributed by atoms with Crippen molar-refractivity contribution in [1.82, 2.24) is 15.5 Å². The Bertz CT molecular complexity index is 1110. The lowest BCUT2D eigenvalue weighted by Gasteiger charge is -2.17. The van der Waals surface area contributed by atoms with Crippen molar-refractivity contribution in [3.05, 3.63) is 102 Å². The van der Waals surface area contributed by atoms with Gasteiger partial charge in [-0.15, -0.1) is 10.2 Å². The maximum Gasteiger partial charge on any atom is 0.320 e. The molecule has 0 saturated heterocycles. The Kier molecular flexibility index (Phi) is 5.85. The first-order valence-corrected chi connectivity index (χ1v) is 9.83. The SMILES string of the molecule is CCc1ccccc1NC(=O)N[C@H](c1ccccc1)c1nnc(-c2ccccc2)o1. The summed E-state index contributed by atoms with van der Waals surface area (Å²) in [5.74, 6) is 0.726. The molecule has 150 valence electrons. The maximum absolute atomic E-state index is 12.8. The van der Waals surface area contributed by atoms with E-state index in [2.05, 4.69) is 27.8 Å². The minimum absolute atomic E-state index is 0.318. The van der Waals surface area contributed by atoms with Crippen LogP contribution in [0, 0.1) is 0 Å². The smallest absolute Gasteiger partial charge is 0.320 e. The first-order valence-electron chi connectivity index (χ1n) is 9.83. The fourth-order valence-corrected chi connectivity index (χ4v) is 3.22. The molecule has 2 amide bonds. The predicted molar refractivity (Wildman–Crippen MR) is 116 cm³/mol. The Morgan fingerprint density at radius 2 is 1.57 bits per heavy atom. The molecule has 6 nitrogen and oxygen atoms in total. The fraction of sp³-hybridized carbons (Fsp3) is 0.125. The molecule has 6 heteroatoms. The molecule has 0 spiro atoms. The molecule has 1 heterocycles. The molecule has 0 radical (unpaired) electrons. The molecule has 0 aliphatic rings. The van der Waals surface area contributed by atoms with Gasteiger partial charge in [0, 0.05) is 11.3 Å². The maximum atomic E-state index is 12.8. The number of benzene rings is 3. The first-order chi connectivity index (χ1) is 14.7. The number of anilines is 1. The summed E-state index contributed by atoms with van der Waals surface area (Å²) in [5.41, 5.74) is 3.51. The van der Waals surface area contributed by atoms with Crippen molar-refractivity contribution in [2.24, 2.45) is 0 Å². The second-order valence-electron chi connectivity index (χ2n) is 6.76. The highest BCUT2D eigenvalue weighted by Crippen LogP contribution is 2.25. The van der Waals surface area contributed by atoms with Crippen LogP contribution in [0.5, 0.6) is 0 Å². The van der Waals surface area contributed by atoms with E-state index >= 15 is 0 Å². The number of urea groups is 1. The molecule has 1 atom stereocenters. The van der Waals surface area contributed by atoms with E-state index < -0.39 is 6.04 Å². The molecule has 0 fully saturated rings. The Morgan fingerprint density at radius 3 is 2.30 bits per heavy atom. The van der Waals surface area contributed by atoms with Crippen LogP contribution in [0.4, 0.5) is 10.5 Å². The van der Waals surface area contributed by atoms with Gasteiger partial charge in [-0.1, -0.05) is 73.7 Å². The van der Waals surface area contributed by atoms with Crippen molar-refractivity contribution in [3.8, 4) is 11.5 Å². The number of carbonyl (C=O) groups is 1. The molecule has 30 heavy (non-hydrogen) atoms. The number of hydrogen-bond acceptors (Lipinski definition) is 4. The third-order valence-corrected chi connectivity index (χ3v) is 4.76. The van der Waals surface area contributed by atoms with Crippen LogP contribution in [0.25, 0.3) is 11.5 Å². The summed E-state index contributed by atoms with van der Waals surface area (Å²) in [6.07, 6.45) is 0.822. The first kappa shape index (κ1) is 19.4. The van der Waals surface area contributed by atoms with Crippen LogP contribution in [0.15, 0.2) is 89.3 Å². The highest BCUT2D eigenvalue weighted by atomic mass is 16.4. The second-order valence-corrected chi connectivity index (χ2v) is 6.76. The largest absolute Gasteiger partial charge is 0.418 e. The zero-order valence-electron chi connectivity index (χ0n) is 16.6. The van der Waals surface area contributed by atoms with E-state index in [-0.39, 0.29) is 6.03 Å². The third-order valence-electron chi connectivity index (χ3n) is 4.76. The molecule has 0 saturated carbocycles. The van der Waals surface area contributed by atoms with E-state index in [0.717, 1.165) is 28.8 Å².